The molecule has 0 radical (unpaired) electrons. The summed E-state index contributed by atoms with van der Waals surface area (Å²) in [5.41, 5.74) is 6.64. The second kappa shape index (κ2) is 7.39. The van der Waals surface area contributed by atoms with Gasteiger partial charge in [-0.2, -0.15) is 10.2 Å². The van der Waals surface area contributed by atoms with Crippen LogP contribution in [0.3, 0.4) is 0 Å². The molecule has 2 rings (SSSR count). The molecule has 2 N–H and O–H groups in total. The van der Waals surface area contributed by atoms with Crippen molar-refractivity contribution in [2.24, 2.45) is 10.2 Å². The minimum absolute atomic E-state index is 0.0292. The van der Waals surface area contributed by atoms with Crippen LogP contribution in [0.15, 0.2) is 28.4 Å². The third-order valence-corrected chi connectivity index (χ3v) is 3.22. The Morgan fingerprint density at radius 2 is 2.09 bits per heavy atom. The molecule has 0 fully saturated rings. The molecule has 8 nitrogen and oxygen atoms in total. The Morgan fingerprint density at radius 3 is 2.70 bits per heavy atom. The molecular weight excluding hydrogens is 300 g/mol. The Labute approximate surface area is 133 Å². The summed E-state index contributed by atoms with van der Waals surface area (Å²) < 4.78 is 10.4. The molecule has 1 aromatic rings. The third-order valence-electron chi connectivity index (χ3n) is 3.22. The van der Waals surface area contributed by atoms with Crippen molar-refractivity contribution in [1.29, 1.82) is 0 Å². The lowest BCUT2D eigenvalue weighted by molar-refractivity contribution is -0.119. The van der Waals surface area contributed by atoms with Gasteiger partial charge in [0.2, 0.25) is 11.8 Å². The number of nitrogens with zero attached hydrogens (tertiary/aromatic N) is 2. The second-order valence-electron chi connectivity index (χ2n) is 4.87. The fourth-order valence-electron chi connectivity index (χ4n) is 2.00. The van der Waals surface area contributed by atoms with E-state index in [9.17, 15) is 9.59 Å². The molecule has 0 unspecified atom stereocenters. The van der Waals surface area contributed by atoms with Crippen LogP contribution in [0.2, 0.25) is 0 Å². The number of ether oxygens (including phenoxy) is 2. The number of nitrogens with one attached hydrogen (secondary N) is 2. The van der Waals surface area contributed by atoms with E-state index in [-0.39, 0.29) is 24.7 Å². The van der Waals surface area contributed by atoms with Gasteiger partial charge in [0.05, 0.1) is 38.5 Å². The summed E-state index contributed by atoms with van der Waals surface area (Å²) in [5, 5.41) is 7.81. The summed E-state index contributed by atoms with van der Waals surface area (Å²) in [6, 6.07) is 5.35. The van der Waals surface area contributed by atoms with Crippen LogP contribution in [0.4, 0.5) is 0 Å². The highest BCUT2D eigenvalue weighted by molar-refractivity contribution is 6.11. The molecule has 8 heteroatoms. The number of hydrogen-bond donors (Lipinski definition) is 2. The lowest BCUT2D eigenvalue weighted by Gasteiger charge is -2.09. The van der Waals surface area contributed by atoms with Crippen molar-refractivity contribution < 1.29 is 19.1 Å². The molecular formula is C15H18N4O4. The first-order valence-corrected chi connectivity index (χ1v) is 6.93. The van der Waals surface area contributed by atoms with Crippen molar-refractivity contribution in [3.05, 3.63) is 23.8 Å². The smallest absolute Gasteiger partial charge is 0.245 e. The predicted molar refractivity (Wildman–Crippen MR) is 84.7 cm³/mol. The molecule has 0 atom stereocenters. The SMILES string of the molecule is COc1ccc(/C(C)=N\NC(=O)CC2=NNC(=O)C2)cc1OC. The standard InChI is InChI=1S/C15H18N4O4/c1-9(10-4-5-12(22-2)13(6-10)23-3)16-18-14(20)7-11-8-15(21)19-17-11/h4-6H,7-8H2,1-3H3,(H,18,20)(H,19,21)/b16-9-. The quantitative estimate of drug-likeness (QED) is 0.598. The van der Waals surface area contributed by atoms with Crippen molar-refractivity contribution >= 4 is 23.2 Å². The third kappa shape index (κ3) is 4.29. The summed E-state index contributed by atoms with van der Waals surface area (Å²) >= 11 is 0. The normalized spacial score (nSPS) is 14.1. The van der Waals surface area contributed by atoms with E-state index in [1.54, 1.807) is 33.3 Å². The Hall–Kier alpha value is -2.90. The summed E-state index contributed by atoms with van der Waals surface area (Å²) in [4.78, 5) is 22.8. The fraction of sp³-hybridized carbons (Fsp3) is 0.333. The monoisotopic (exact) mass is 318 g/mol. The maximum Gasteiger partial charge on any atom is 0.245 e. The lowest BCUT2D eigenvalue weighted by Crippen LogP contribution is -2.22. The predicted octanol–water partition coefficient (Wildman–Crippen LogP) is 0.810. The number of hydrazone groups is 2. The molecule has 2 amide bonds. The molecule has 1 aliphatic rings. The molecule has 1 aliphatic heterocycles. The van der Waals surface area contributed by atoms with Crippen LogP contribution in [0.25, 0.3) is 0 Å². The van der Waals surface area contributed by atoms with Crippen molar-refractivity contribution in [3.8, 4) is 11.5 Å². The van der Waals surface area contributed by atoms with E-state index in [2.05, 4.69) is 21.1 Å². The Balaban J connectivity index is 1.99. The van der Waals surface area contributed by atoms with E-state index in [0.717, 1.165) is 5.56 Å². The van der Waals surface area contributed by atoms with Crippen LogP contribution < -0.4 is 20.3 Å². The molecule has 23 heavy (non-hydrogen) atoms. The van der Waals surface area contributed by atoms with Gasteiger partial charge in [-0.05, 0) is 25.1 Å². The number of rotatable bonds is 6. The average molecular weight is 318 g/mol. The average Bonchev–Trinajstić information content (AvgIpc) is 2.96. The number of carbonyl (C=O) groups is 2. The Morgan fingerprint density at radius 1 is 1.35 bits per heavy atom. The van der Waals surface area contributed by atoms with E-state index >= 15 is 0 Å². The van der Waals surface area contributed by atoms with Gasteiger partial charge >= 0.3 is 0 Å². The maximum absolute atomic E-state index is 11.8. The number of carbonyl (C=O) groups excluding carboxylic acids is 2. The van der Waals surface area contributed by atoms with Crippen LogP contribution in [0.5, 0.6) is 11.5 Å². The van der Waals surface area contributed by atoms with Gasteiger partial charge in [0, 0.05) is 5.56 Å². The van der Waals surface area contributed by atoms with Gasteiger partial charge in [-0.25, -0.2) is 10.9 Å². The van der Waals surface area contributed by atoms with E-state index < -0.39 is 0 Å². The fourth-order valence-corrected chi connectivity index (χ4v) is 2.00. The number of benzene rings is 1. The first-order chi connectivity index (χ1) is 11.0. The topological polar surface area (TPSA) is 101 Å². The molecule has 0 saturated carbocycles. The van der Waals surface area contributed by atoms with Crippen molar-refractivity contribution in [3.63, 3.8) is 0 Å². The van der Waals surface area contributed by atoms with E-state index in [4.69, 9.17) is 9.47 Å². The van der Waals surface area contributed by atoms with Gasteiger partial charge in [-0.3, -0.25) is 9.59 Å². The lowest BCUT2D eigenvalue weighted by atomic mass is 10.1. The van der Waals surface area contributed by atoms with Gasteiger partial charge in [0.15, 0.2) is 11.5 Å². The number of methoxy groups -OCH3 is 2. The molecule has 1 aromatic carbocycles. The minimum atomic E-state index is -0.333. The van der Waals surface area contributed by atoms with Crippen molar-refractivity contribution in [2.45, 2.75) is 19.8 Å². The summed E-state index contributed by atoms with van der Waals surface area (Å²) in [6.07, 6.45) is 0.174. The zero-order valence-electron chi connectivity index (χ0n) is 13.2. The van der Waals surface area contributed by atoms with E-state index in [0.29, 0.717) is 22.9 Å². The van der Waals surface area contributed by atoms with Gasteiger partial charge in [0.1, 0.15) is 0 Å². The van der Waals surface area contributed by atoms with E-state index in [1.807, 2.05) is 6.07 Å². The molecule has 0 bridgehead atoms. The largest absolute Gasteiger partial charge is 0.493 e. The Kier molecular flexibility index (Phi) is 5.29. The Bertz CT molecular complexity index is 682. The highest BCUT2D eigenvalue weighted by Crippen LogP contribution is 2.27. The van der Waals surface area contributed by atoms with Gasteiger partial charge < -0.3 is 9.47 Å². The van der Waals surface area contributed by atoms with Gasteiger partial charge in [0.25, 0.3) is 0 Å². The van der Waals surface area contributed by atoms with E-state index in [1.165, 1.54) is 0 Å². The van der Waals surface area contributed by atoms with Crippen LogP contribution in [0, 0.1) is 0 Å². The van der Waals surface area contributed by atoms with Crippen molar-refractivity contribution in [2.75, 3.05) is 14.2 Å². The van der Waals surface area contributed by atoms with Crippen molar-refractivity contribution in [1.82, 2.24) is 10.9 Å². The first kappa shape index (κ1) is 16.5. The molecule has 0 aromatic heterocycles. The highest BCUT2D eigenvalue weighted by atomic mass is 16.5. The number of hydrogen-bond acceptors (Lipinski definition) is 6. The zero-order chi connectivity index (χ0) is 16.8. The molecule has 122 valence electrons. The molecule has 0 saturated heterocycles. The zero-order valence-corrected chi connectivity index (χ0v) is 13.2. The highest BCUT2D eigenvalue weighted by Gasteiger charge is 2.17. The molecule has 0 spiro atoms. The summed E-state index contributed by atoms with van der Waals surface area (Å²) in [5.74, 6) is 0.651. The van der Waals surface area contributed by atoms with Gasteiger partial charge in [-0.15, -0.1) is 0 Å². The maximum atomic E-state index is 11.8. The van der Waals surface area contributed by atoms with Crippen LogP contribution >= 0.6 is 0 Å². The molecule has 1 heterocycles. The van der Waals surface area contributed by atoms with Crippen LogP contribution in [0.1, 0.15) is 25.3 Å². The van der Waals surface area contributed by atoms with Gasteiger partial charge in [-0.1, -0.05) is 0 Å². The van der Waals surface area contributed by atoms with Crippen LogP contribution in [-0.4, -0.2) is 37.5 Å². The number of amides is 2. The van der Waals surface area contributed by atoms with Crippen LogP contribution in [-0.2, 0) is 9.59 Å². The summed E-state index contributed by atoms with van der Waals surface area (Å²) in [7, 11) is 3.11. The first-order valence-electron chi connectivity index (χ1n) is 6.93. The summed E-state index contributed by atoms with van der Waals surface area (Å²) in [6.45, 7) is 1.76. The minimum Gasteiger partial charge on any atom is -0.493 e. The molecule has 0 aliphatic carbocycles. The second-order valence-corrected chi connectivity index (χ2v) is 4.87.